The average molecular weight is 290 g/mol. The lowest BCUT2D eigenvalue weighted by Crippen LogP contribution is -2.37. The van der Waals surface area contributed by atoms with E-state index >= 15 is 0 Å². The van der Waals surface area contributed by atoms with Crippen LogP contribution in [0.15, 0.2) is 9.59 Å². The zero-order valence-corrected chi connectivity index (χ0v) is 12.9. The number of hydrogen-bond acceptors (Lipinski definition) is 3. The number of fused-ring (bicyclic) bond motifs is 1. The molecule has 2 aromatic rings. The standard InChI is InChI=1S/C15H22N4O2/c1-17-11(9-10-7-5-4-6-8-10)16-13-12(17)14(20)19(3)15(21)18(13)2/h10H,4-9H2,1-3H3. The van der Waals surface area contributed by atoms with Crippen LogP contribution in [-0.2, 0) is 27.6 Å². The van der Waals surface area contributed by atoms with Gasteiger partial charge in [0.1, 0.15) is 5.82 Å². The van der Waals surface area contributed by atoms with E-state index in [9.17, 15) is 9.59 Å². The van der Waals surface area contributed by atoms with Crippen LogP contribution < -0.4 is 11.2 Å². The molecule has 3 rings (SSSR count). The maximum Gasteiger partial charge on any atom is 0.332 e. The maximum atomic E-state index is 12.3. The Morgan fingerprint density at radius 2 is 1.67 bits per heavy atom. The van der Waals surface area contributed by atoms with Gasteiger partial charge in [0.25, 0.3) is 5.56 Å². The minimum atomic E-state index is -0.324. The van der Waals surface area contributed by atoms with Crippen LogP contribution in [0.3, 0.4) is 0 Å². The predicted molar refractivity (Wildman–Crippen MR) is 81.5 cm³/mol. The first-order chi connectivity index (χ1) is 10.0. The highest BCUT2D eigenvalue weighted by molar-refractivity contribution is 5.70. The number of hydrogen-bond donors (Lipinski definition) is 0. The van der Waals surface area contributed by atoms with Crippen molar-refractivity contribution in [1.82, 2.24) is 18.7 Å². The first-order valence-corrected chi connectivity index (χ1v) is 7.62. The molecule has 0 unspecified atom stereocenters. The van der Waals surface area contributed by atoms with Crippen molar-refractivity contribution in [2.45, 2.75) is 38.5 Å². The molecule has 0 bridgehead atoms. The normalized spacial score (nSPS) is 16.7. The Balaban J connectivity index is 2.11. The Kier molecular flexibility index (Phi) is 3.47. The van der Waals surface area contributed by atoms with Crippen LogP contribution in [0.4, 0.5) is 0 Å². The van der Waals surface area contributed by atoms with E-state index in [4.69, 9.17) is 0 Å². The predicted octanol–water partition coefficient (Wildman–Crippen LogP) is 1.09. The molecule has 6 heteroatoms. The Bertz CT molecular complexity index is 791. The second-order valence-electron chi connectivity index (χ2n) is 6.17. The van der Waals surface area contributed by atoms with Crippen LogP contribution in [0.1, 0.15) is 37.9 Å². The highest BCUT2D eigenvalue weighted by Gasteiger charge is 2.20. The summed E-state index contributed by atoms with van der Waals surface area (Å²) in [6, 6.07) is 0. The molecule has 1 aliphatic rings. The molecular weight excluding hydrogens is 268 g/mol. The SMILES string of the molecule is Cn1c(=O)c2c(nc(CC3CCCCC3)n2C)n(C)c1=O. The topological polar surface area (TPSA) is 61.8 Å². The maximum absolute atomic E-state index is 12.3. The zero-order valence-electron chi connectivity index (χ0n) is 12.9. The van der Waals surface area contributed by atoms with Crippen molar-refractivity contribution in [3.8, 4) is 0 Å². The first-order valence-electron chi connectivity index (χ1n) is 7.62. The smallest absolute Gasteiger partial charge is 0.325 e. The van der Waals surface area contributed by atoms with Crippen LogP contribution >= 0.6 is 0 Å². The highest BCUT2D eigenvalue weighted by atomic mass is 16.2. The molecule has 6 nitrogen and oxygen atoms in total. The van der Waals surface area contributed by atoms with Crippen LogP contribution in [0, 0.1) is 5.92 Å². The van der Waals surface area contributed by atoms with Crippen LogP contribution in [0.25, 0.3) is 11.2 Å². The summed E-state index contributed by atoms with van der Waals surface area (Å²) in [7, 11) is 5.05. The van der Waals surface area contributed by atoms with Crippen molar-refractivity contribution in [2.75, 3.05) is 0 Å². The van der Waals surface area contributed by atoms with Crippen molar-refractivity contribution < 1.29 is 0 Å². The molecule has 0 aromatic carbocycles. The molecule has 0 atom stereocenters. The van der Waals surface area contributed by atoms with Gasteiger partial charge in [-0.15, -0.1) is 0 Å². The fourth-order valence-electron chi connectivity index (χ4n) is 3.40. The van der Waals surface area contributed by atoms with Gasteiger partial charge in [0.15, 0.2) is 11.2 Å². The molecule has 1 saturated carbocycles. The molecule has 21 heavy (non-hydrogen) atoms. The Morgan fingerprint density at radius 3 is 2.33 bits per heavy atom. The quantitative estimate of drug-likeness (QED) is 0.832. The Hall–Kier alpha value is -1.85. The van der Waals surface area contributed by atoms with Crippen LogP contribution in [0.5, 0.6) is 0 Å². The molecule has 1 fully saturated rings. The van der Waals surface area contributed by atoms with E-state index in [2.05, 4.69) is 4.98 Å². The second kappa shape index (κ2) is 5.16. The minimum absolute atomic E-state index is 0.266. The summed E-state index contributed by atoms with van der Waals surface area (Å²) in [6.45, 7) is 0. The van der Waals surface area contributed by atoms with Crippen molar-refractivity contribution in [1.29, 1.82) is 0 Å². The van der Waals surface area contributed by atoms with Gasteiger partial charge in [0.2, 0.25) is 0 Å². The minimum Gasteiger partial charge on any atom is -0.325 e. The molecule has 1 aliphatic carbocycles. The lowest BCUT2D eigenvalue weighted by molar-refractivity contribution is 0.349. The van der Waals surface area contributed by atoms with Crippen LogP contribution in [-0.4, -0.2) is 18.7 Å². The molecule has 0 spiro atoms. The van der Waals surface area contributed by atoms with Crippen molar-refractivity contribution in [3.63, 3.8) is 0 Å². The van der Waals surface area contributed by atoms with E-state index in [-0.39, 0.29) is 11.2 Å². The average Bonchev–Trinajstić information content (AvgIpc) is 2.81. The number of rotatable bonds is 2. The summed E-state index contributed by atoms with van der Waals surface area (Å²) in [6.07, 6.45) is 7.26. The summed E-state index contributed by atoms with van der Waals surface area (Å²) in [5, 5.41) is 0. The fourth-order valence-corrected chi connectivity index (χ4v) is 3.40. The van der Waals surface area contributed by atoms with Crippen molar-refractivity contribution in [2.24, 2.45) is 27.1 Å². The summed E-state index contributed by atoms with van der Waals surface area (Å²) in [4.78, 5) is 28.9. The van der Waals surface area contributed by atoms with Gasteiger partial charge in [0, 0.05) is 27.6 Å². The van der Waals surface area contributed by atoms with Gasteiger partial charge in [-0.05, 0) is 5.92 Å². The largest absolute Gasteiger partial charge is 0.332 e. The lowest BCUT2D eigenvalue weighted by Gasteiger charge is -2.20. The highest BCUT2D eigenvalue weighted by Crippen LogP contribution is 2.27. The molecule has 0 aliphatic heterocycles. The molecule has 2 aromatic heterocycles. The number of nitrogens with zero attached hydrogens (tertiary/aromatic N) is 4. The van der Waals surface area contributed by atoms with Gasteiger partial charge >= 0.3 is 5.69 Å². The van der Waals surface area contributed by atoms with Gasteiger partial charge in [0.05, 0.1) is 0 Å². The van der Waals surface area contributed by atoms with Gasteiger partial charge in [-0.25, -0.2) is 9.78 Å². The van der Waals surface area contributed by atoms with Gasteiger partial charge in [-0.2, -0.15) is 0 Å². The number of aryl methyl sites for hydroxylation is 2. The number of aromatic nitrogens is 4. The molecule has 0 N–H and O–H groups in total. The molecule has 114 valence electrons. The van der Waals surface area contributed by atoms with Crippen molar-refractivity contribution >= 4 is 11.2 Å². The fraction of sp³-hybridized carbons (Fsp3) is 0.667. The summed E-state index contributed by atoms with van der Waals surface area (Å²) >= 11 is 0. The van der Waals surface area contributed by atoms with E-state index in [1.165, 1.54) is 43.7 Å². The van der Waals surface area contributed by atoms with E-state index in [0.29, 0.717) is 17.1 Å². The molecule has 2 heterocycles. The Morgan fingerprint density at radius 1 is 1.00 bits per heavy atom. The third kappa shape index (κ3) is 2.22. The molecule has 0 saturated heterocycles. The van der Waals surface area contributed by atoms with Gasteiger partial charge in [-0.1, -0.05) is 32.1 Å². The van der Waals surface area contributed by atoms with E-state index < -0.39 is 0 Å². The first kappa shape index (κ1) is 14.1. The van der Waals surface area contributed by atoms with E-state index in [0.717, 1.165) is 16.8 Å². The number of imidazole rings is 1. The molecular formula is C15H22N4O2. The van der Waals surface area contributed by atoms with E-state index in [1.807, 2.05) is 11.6 Å². The lowest BCUT2D eigenvalue weighted by atomic mass is 9.87. The third-order valence-electron chi connectivity index (χ3n) is 4.76. The molecule has 0 radical (unpaired) electrons. The molecule has 0 amide bonds. The summed E-state index contributed by atoms with van der Waals surface area (Å²) in [5.41, 5.74) is 0.426. The van der Waals surface area contributed by atoms with Gasteiger partial charge < -0.3 is 4.57 Å². The van der Waals surface area contributed by atoms with Gasteiger partial charge in [-0.3, -0.25) is 13.9 Å². The Labute approximate surface area is 123 Å². The van der Waals surface area contributed by atoms with E-state index in [1.54, 1.807) is 7.05 Å². The monoisotopic (exact) mass is 290 g/mol. The van der Waals surface area contributed by atoms with Crippen LogP contribution in [0.2, 0.25) is 0 Å². The summed E-state index contributed by atoms with van der Waals surface area (Å²) in [5.74, 6) is 1.56. The van der Waals surface area contributed by atoms with Crippen molar-refractivity contribution in [3.05, 3.63) is 26.7 Å². The zero-order chi connectivity index (χ0) is 15.1. The third-order valence-corrected chi connectivity index (χ3v) is 4.76. The second-order valence-corrected chi connectivity index (χ2v) is 6.17. The summed E-state index contributed by atoms with van der Waals surface area (Å²) < 4.78 is 4.47.